The van der Waals surface area contributed by atoms with Crippen molar-refractivity contribution in [3.8, 4) is 23.5 Å². The summed E-state index contributed by atoms with van der Waals surface area (Å²) >= 11 is 0. The summed E-state index contributed by atoms with van der Waals surface area (Å²) in [6.07, 6.45) is 3.45. The molecule has 4 rings (SSSR count). The maximum atomic E-state index is 13.6. The van der Waals surface area contributed by atoms with Crippen molar-refractivity contribution in [2.45, 2.75) is 45.4 Å². The highest BCUT2D eigenvalue weighted by Gasteiger charge is 2.27. The number of carbonyl (C=O) groups is 1. The summed E-state index contributed by atoms with van der Waals surface area (Å²) in [7, 11) is 1.54. The van der Waals surface area contributed by atoms with Crippen molar-refractivity contribution in [3.05, 3.63) is 64.2 Å². The molecule has 2 aromatic carbocycles. The van der Waals surface area contributed by atoms with Gasteiger partial charge in [-0.2, -0.15) is 5.26 Å². The molecule has 1 amide bonds. The van der Waals surface area contributed by atoms with Crippen molar-refractivity contribution in [3.63, 3.8) is 0 Å². The second-order valence-corrected chi connectivity index (χ2v) is 8.36. The molecule has 170 valence electrons. The molecule has 33 heavy (non-hydrogen) atoms. The second-order valence-electron chi connectivity index (χ2n) is 8.36. The Kier molecular flexibility index (Phi) is 6.74. The number of nitrogens with one attached hydrogen (secondary N) is 1. The summed E-state index contributed by atoms with van der Waals surface area (Å²) in [5.74, 6) is 1.09. The molecule has 0 saturated carbocycles. The monoisotopic (exact) mass is 443 g/mol. The molecule has 0 aliphatic carbocycles. The van der Waals surface area contributed by atoms with E-state index in [9.17, 15) is 4.79 Å². The normalized spacial score (nSPS) is 14.2. The summed E-state index contributed by atoms with van der Waals surface area (Å²) in [5, 5.41) is 17.2. The number of H-pyrrole nitrogens is 1. The van der Waals surface area contributed by atoms with Gasteiger partial charge in [-0.3, -0.25) is 9.78 Å². The van der Waals surface area contributed by atoms with Gasteiger partial charge < -0.3 is 9.64 Å². The fraction of sp³-hybridized carbons (Fsp3) is 0.385. The Balaban J connectivity index is 1.56. The van der Waals surface area contributed by atoms with Crippen molar-refractivity contribution in [2.24, 2.45) is 0 Å². The van der Waals surface area contributed by atoms with Gasteiger partial charge >= 0.3 is 6.01 Å². The van der Waals surface area contributed by atoms with Crippen LogP contribution in [0.25, 0.3) is 11.4 Å². The predicted molar refractivity (Wildman–Crippen MR) is 126 cm³/mol. The first kappa shape index (κ1) is 22.5. The molecule has 1 fully saturated rings. The van der Waals surface area contributed by atoms with Gasteiger partial charge in [0.25, 0.3) is 5.91 Å². The van der Waals surface area contributed by atoms with Crippen molar-refractivity contribution >= 4 is 5.91 Å². The first-order chi connectivity index (χ1) is 16.1. The number of aromatic amines is 1. The number of hydrogen-bond acceptors (Lipinski definition) is 5. The van der Waals surface area contributed by atoms with Gasteiger partial charge in [0, 0.05) is 24.2 Å². The van der Waals surface area contributed by atoms with E-state index in [0.29, 0.717) is 36.4 Å². The van der Waals surface area contributed by atoms with Crippen molar-refractivity contribution < 1.29 is 9.53 Å². The zero-order valence-corrected chi connectivity index (χ0v) is 19.4. The number of benzene rings is 2. The summed E-state index contributed by atoms with van der Waals surface area (Å²) < 4.78 is 5.15. The SMILES string of the molecule is CCc1cc(CC)c(-c2nnc(OC)[nH]2)cc1C(=O)N1CCC(c2ccc(C#N)cc2)CC1. The Morgan fingerprint density at radius 2 is 1.82 bits per heavy atom. The van der Waals surface area contributed by atoms with Gasteiger partial charge in [-0.25, -0.2) is 0 Å². The fourth-order valence-electron chi connectivity index (χ4n) is 4.58. The largest absolute Gasteiger partial charge is 0.467 e. The molecule has 0 bridgehead atoms. The number of methoxy groups -OCH3 is 1. The Labute approximate surface area is 194 Å². The van der Waals surface area contributed by atoms with Gasteiger partial charge in [-0.05, 0) is 66.5 Å². The zero-order valence-electron chi connectivity index (χ0n) is 19.4. The lowest BCUT2D eigenvalue weighted by molar-refractivity contribution is 0.0712. The van der Waals surface area contributed by atoms with Crippen LogP contribution in [-0.4, -0.2) is 46.2 Å². The quantitative estimate of drug-likeness (QED) is 0.605. The number of rotatable bonds is 6. The Morgan fingerprint density at radius 3 is 2.39 bits per heavy atom. The van der Waals surface area contributed by atoms with Crippen molar-refractivity contribution in [1.82, 2.24) is 20.1 Å². The van der Waals surface area contributed by atoms with Crippen LogP contribution in [0.15, 0.2) is 36.4 Å². The third-order valence-electron chi connectivity index (χ3n) is 6.53. The predicted octanol–water partition coefficient (Wildman–Crippen LogP) is 4.50. The topological polar surface area (TPSA) is 94.9 Å². The van der Waals surface area contributed by atoms with E-state index in [0.717, 1.165) is 47.9 Å². The van der Waals surface area contributed by atoms with Gasteiger partial charge in [-0.15, -0.1) is 5.10 Å². The smallest absolute Gasteiger partial charge is 0.314 e. The van der Waals surface area contributed by atoms with Gasteiger partial charge in [0.2, 0.25) is 0 Å². The Hall–Kier alpha value is -3.66. The molecule has 3 aromatic rings. The molecule has 2 heterocycles. The van der Waals surface area contributed by atoms with E-state index in [-0.39, 0.29) is 5.91 Å². The number of carbonyl (C=O) groups excluding carboxylic acids is 1. The van der Waals surface area contributed by atoms with Crippen LogP contribution in [0.5, 0.6) is 6.01 Å². The van der Waals surface area contributed by atoms with Gasteiger partial charge in [0.15, 0.2) is 5.82 Å². The van der Waals surface area contributed by atoms with E-state index in [4.69, 9.17) is 10.00 Å². The number of amides is 1. The number of aryl methyl sites for hydroxylation is 2. The van der Waals surface area contributed by atoms with E-state index in [1.807, 2.05) is 35.2 Å². The molecule has 1 saturated heterocycles. The molecule has 0 atom stereocenters. The van der Waals surface area contributed by atoms with Gasteiger partial charge in [-0.1, -0.05) is 37.1 Å². The van der Waals surface area contributed by atoms with Gasteiger partial charge in [0.1, 0.15) is 0 Å². The first-order valence-corrected chi connectivity index (χ1v) is 11.5. The van der Waals surface area contributed by atoms with Crippen LogP contribution in [0.3, 0.4) is 0 Å². The lowest BCUT2D eigenvalue weighted by Gasteiger charge is -2.33. The number of aromatic nitrogens is 3. The molecule has 7 heteroatoms. The lowest BCUT2D eigenvalue weighted by Crippen LogP contribution is -2.38. The van der Waals surface area contributed by atoms with E-state index in [1.54, 1.807) is 7.11 Å². The van der Waals surface area contributed by atoms with Crippen LogP contribution in [-0.2, 0) is 12.8 Å². The molecule has 0 spiro atoms. The number of likely N-dealkylation sites (tertiary alicyclic amines) is 1. The maximum Gasteiger partial charge on any atom is 0.314 e. The maximum absolute atomic E-state index is 13.6. The minimum atomic E-state index is 0.0699. The standard InChI is InChI=1S/C26H29N5O2/c1-4-18-14-19(5-2)23(15-22(18)24-28-26(33-3)30-29-24)25(32)31-12-10-21(11-13-31)20-8-6-17(16-27)7-9-20/h6-9,14-15,21H,4-5,10-13H2,1-3H3,(H,28,29,30). The highest BCUT2D eigenvalue weighted by Crippen LogP contribution is 2.31. The molecule has 1 N–H and O–H groups in total. The van der Waals surface area contributed by atoms with Crippen molar-refractivity contribution in [2.75, 3.05) is 20.2 Å². The third kappa shape index (κ3) is 4.61. The van der Waals surface area contributed by atoms with Crippen LogP contribution in [0.4, 0.5) is 0 Å². The lowest BCUT2D eigenvalue weighted by atomic mass is 9.88. The van der Waals surface area contributed by atoms with E-state index < -0.39 is 0 Å². The van der Waals surface area contributed by atoms with E-state index in [1.165, 1.54) is 5.56 Å². The van der Waals surface area contributed by atoms with Crippen LogP contribution >= 0.6 is 0 Å². The number of nitriles is 1. The molecule has 1 aromatic heterocycles. The second kappa shape index (κ2) is 9.86. The van der Waals surface area contributed by atoms with E-state index >= 15 is 0 Å². The highest BCUT2D eigenvalue weighted by molar-refractivity contribution is 5.97. The number of hydrogen-bond donors (Lipinski definition) is 1. The van der Waals surface area contributed by atoms with Crippen LogP contribution in [0.1, 0.15) is 65.2 Å². The molecular weight excluding hydrogens is 414 g/mol. The molecular formula is C26H29N5O2. The summed E-state index contributed by atoms with van der Waals surface area (Å²) in [5.41, 5.74) is 5.72. The number of piperidine rings is 1. The Morgan fingerprint density at radius 1 is 1.12 bits per heavy atom. The van der Waals surface area contributed by atoms with Crippen molar-refractivity contribution in [1.29, 1.82) is 5.26 Å². The molecule has 1 aliphatic rings. The molecule has 0 radical (unpaired) electrons. The summed E-state index contributed by atoms with van der Waals surface area (Å²) in [6.45, 7) is 5.61. The summed E-state index contributed by atoms with van der Waals surface area (Å²) in [4.78, 5) is 18.6. The zero-order chi connectivity index (χ0) is 23.4. The van der Waals surface area contributed by atoms with Crippen LogP contribution in [0.2, 0.25) is 0 Å². The average Bonchev–Trinajstić information content (AvgIpc) is 3.37. The van der Waals surface area contributed by atoms with E-state index in [2.05, 4.69) is 41.2 Å². The van der Waals surface area contributed by atoms with Crippen LogP contribution in [0, 0.1) is 11.3 Å². The van der Waals surface area contributed by atoms with Gasteiger partial charge in [0.05, 0.1) is 18.7 Å². The molecule has 0 unspecified atom stereocenters. The minimum Gasteiger partial charge on any atom is -0.467 e. The molecule has 1 aliphatic heterocycles. The average molecular weight is 444 g/mol. The number of nitrogens with zero attached hydrogens (tertiary/aromatic N) is 4. The Bertz CT molecular complexity index is 1170. The first-order valence-electron chi connectivity index (χ1n) is 11.5. The highest BCUT2D eigenvalue weighted by atomic mass is 16.5. The molecule has 7 nitrogen and oxygen atoms in total. The number of ether oxygens (including phenoxy) is 1. The minimum absolute atomic E-state index is 0.0699. The summed E-state index contributed by atoms with van der Waals surface area (Å²) in [6, 6.07) is 14.4. The fourth-order valence-corrected chi connectivity index (χ4v) is 4.58. The van der Waals surface area contributed by atoms with Crippen LogP contribution < -0.4 is 4.74 Å². The third-order valence-corrected chi connectivity index (χ3v) is 6.53.